The van der Waals surface area contributed by atoms with Crippen LogP contribution in [0.5, 0.6) is 5.75 Å². The molecule has 174 valence electrons. The Morgan fingerprint density at radius 2 is 1.62 bits per heavy atom. The number of rotatable bonds is 9. The van der Waals surface area contributed by atoms with E-state index in [1.165, 1.54) is 0 Å². The molecule has 2 aromatic carbocycles. The molecule has 2 unspecified atom stereocenters. The van der Waals surface area contributed by atoms with Crippen LogP contribution in [0.4, 0.5) is 5.69 Å². The van der Waals surface area contributed by atoms with Gasteiger partial charge in [0.2, 0.25) is 5.91 Å². The van der Waals surface area contributed by atoms with Crippen LogP contribution in [0.2, 0.25) is 0 Å². The largest absolute Gasteiger partial charge is 0.508 e. The maximum Gasteiger partial charge on any atom is 0.226 e. The Labute approximate surface area is 193 Å². The zero-order valence-corrected chi connectivity index (χ0v) is 20.2. The highest BCUT2D eigenvalue weighted by molar-refractivity contribution is 5.82. The van der Waals surface area contributed by atoms with Gasteiger partial charge in [0.05, 0.1) is 6.04 Å². The summed E-state index contributed by atoms with van der Waals surface area (Å²) in [5.41, 5.74) is 3.56. The van der Waals surface area contributed by atoms with Crippen molar-refractivity contribution in [3.05, 3.63) is 59.2 Å². The van der Waals surface area contributed by atoms with Crippen molar-refractivity contribution in [3.8, 4) is 5.75 Å². The number of nitrogens with zero attached hydrogens (tertiary/aromatic N) is 1. The van der Waals surface area contributed by atoms with Gasteiger partial charge in [0.1, 0.15) is 11.9 Å². The van der Waals surface area contributed by atoms with Crippen LogP contribution in [0.3, 0.4) is 0 Å². The lowest BCUT2D eigenvalue weighted by Crippen LogP contribution is -2.41. The molecular weight excluding hydrogens is 398 g/mol. The van der Waals surface area contributed by atoms with E-state index < -0.39 is 5.41 Å². The Morgan fingerprint density at radius 3 is 2.19 bits per heavy atom. The van der Waals surface area contributed by atoms with Crippen molar-refractivity contribution in [2.75, 3.05) is 18.0 Å². The summed E-state index contributed by atoms with van der Waals surface area (Å²) in [6.07, 6.45) is 4.29. The molecule has 2 atom stereocenters. The molecule has 32 heavy (non-hydrogen) atoms. The highest BCUT2D eigenvalue weighted by atomic mass is 16.3. The quantitative estimate of drug-likeness (QED) is 0.474. The molecule has 2 aromatic rings. The van der Waals surface area contributed by atoms with Crippen LogP contribution in [-0.2, 0) is 4.79 Å². The highest BCUT2D eigenvalue weighted by Gasteiger charge is 2.35. The molecule has 0 spiro atoms. The van der Waals surface area contributed by atoms with Crippen LogP contribution in [0.15, 0.2) is 42.5 Å². The predicted octanol–water partition coefficient (Wildman–Crippen LogP) is 5.65. The Hall–Kier alpha value is -2.53. The van der Waals surface area contributed by atoms with Crippen molar-refractivity contribution >= 4 is 11.6 Å². The van der Waals surface area contributed by atoms with Crippen molar-refractivity contribution in [1.82, 2.24) is 10.6 Å². The highest BCUT2D eigenvalue weighted by Crippen LogP contribution is 2.40. The first kappa shape index (κ1) is 24.1. The molecule has 0 saturated heterocycles. The van der Waals surface area contributed by atoms with Crippen molar-refractivity contribution in [1.29, 1.82) is 0 Å². The summed E-state index contributed by atoms with van der Waals surface area (Å²) in [5.74, 6) is 0.281. The van der Waals surface area contributed by atoms with Crippen molar-refractivity contribution in [2.24, 2.45) is 5.41 Å². The summed E-state index contributed by atoms with van der Waals surface area (Å²) in [6.45, 7) is 12.1. The van der Waals surface area contributed by atoms with E-state index in [4.69, 9.17) is 0 Å². The van der Waals surface area contributed by atoms with E-state index in [9.17, 15) is 9.90 Å². The number of amides is 1. The maximum absolute atomic E-state index is 12.6. The number of fused-ring (bicyclic) bond motifs is 1. The van der Waals surface area contributed by atoms with E-state index in [1.807, 2.05) is 51.1 Å². The standard InChI is InChI=1S/C27H39N3O2/c1-6-8-16-30(17-9-7-2)19-14-15-22(23(31)18-19)24-20-12-10-11-13-21(20)25(28-24)29-26(32)27(3,4)5/h10-15,18,24-25,28,31H,6-9,16-17H2,1-5H3,(H,29,32). The molecule has 0 fully saturated rings. The molecule has 0 saturated carbocycles. The summed E-state index contributed by atoms with van der Waals surface area (Å²) in [7, 11) is 0. The van der Waals surface area contributed by atoms with Gasteiger partial charge < -0.3 is 15.3 Å². The van der Waals surface area contributed by atoms with Crippen molar-refractivity contribution < 1.29 is 9.90 Å². The topological polar surface area (TPSA) is 64.6 Å². The van der Waals surface area contributed by atoms with Gasteiger partial charge in [-0.2, -0.15) is 0 Å². The second-order valence-corrected chi connectivity index (χ2v) is 9.82. The van der Waals surface area contributed by atoms with Gasteiger partial charge in [-0.3, -0.25) is 10.1 Å². The minimum Gasteiger partial charge on any atom is -0.508 e. The molecule has 0 aliphatic carbocycles. The molecule has 1 aliphatic heterocycles. The molecule has 5 nitrogen and oxygen atoms in total. The number of hydrogen-bond donors (Lipinski definition) is 3. The van der Waals surface area contributed by atoms with Crippen LogP contribution >= 0.6 is 0 Å². The molecule has 1 amide bonds. The average Bonchev–Trinajstić information content (AvgIpc) is 3.11. The summed E-state index contributed by atoms with van der Waals surface area (Å²) in [4.78, 5) is 15.0. The van der Waals surface area contributed by atoms with E-state index >= 15 is 0 Å². The zero-order valence-electron chi connectivity index (χ0n) is 20.2. The molecule has 3 rings (SSSR count). The first-order valence-electron chi connectivity index (χ1n) is 12.0. The fourth-order valence-electron chi connectivity index (χ4n) is 4.15. The lowest BCUT2D eigenvalue weighted by Gasteiger charge is -2.26. The lowest BCUT2D eigenvalue weighted by atomic mass is 9.95. The van der Waals surface area contributed by atoms with Crippen molar-refractivity contribution in [3.63, 3.8) is 0 Å². The number of phenolic OH excluding ortho intramolecular Hbond substituents is 1. The Balaban J connectivity index is 1.86. The number of aromatic hydroxyl groups is 1. The fraction of sp³-hybridized carbons (Fsp3) is 0.519. The summed E-state index contributed by atoms with van der Waals surface area (Å²) < 4.78 is 0. The van der Waals surface area contributed by atoms with Gasteiger partial charge >= 0.3 is 0 Å². The van der Waals surface area contributed by atoms with E-state index in [-0.39, 0.29) is 23.9 Å². The van der Waals surface area contributed by atoms with Gasteiger partial charge in [0.25, 0.3) is 0 Å². The molecular formula is C27H39N3O2. The fourth-order valence-corrected chi connectivity index (χ4v) is 4.15. The monoisotopic (exact) mass is 437 g/mol. The average molecular weight is 438 g/mol. The number of phenols is 1. The van der Waals surface area contributed by atoms with E-state index in [2.05, 4.69) is 41.5 Å². The number of hydrogen-bond acceptors (Lipinski definition) is 4. The molecule has 0 aromatic heterocycles. The van der Waals surface area contributed by atoms with Gasteiger partial charge in [-0.05, 0) is 30.0 Å². The second kappa shape index (κ2) is 10.4. The lowest BCUT2D eigenvalue weighted by molar-refractivity contribution is -0.129. The molecule has 1 heterocycles. The number of unbranched alkanes of at least 4 members (excludes halogenated alkanes) is 2. The van der Waals surface area contributed by atoms with E-state index in [0.717, 1.165) is 61.2 Å². The van der Waals surface area contributed by atoms with Gasteiger partial charge in [0, 0.05) is 35.8 Å². The second-order valence-electron chi connectivity index (χ2n) is 9.82. The number of benzene rings is 2. The van der Waals surface area contributed by atoms with Crippen LogP contribution in [0.1, 0.15) is 89.2 Å². The minimum atomic E-state index is -0.473. The maximum atomic E-state index is 12.6. The number of nitrogens with one attached hydrogen (secondary N) is 2. The number of carbonyl (C=O) groups excluding carboxylic acids is 1. The predicted molar refractivity (Wildman–Crippen MR) is 132 cm³/mol. The molecule has 1 aliphatic rings. The van der Waals surface area contributed by atoms with Gasteiger partial charge in [-0.25, -0.2) is 0 Å². The normalized spacial score (nSPS) is 17.8. The first-order valence-corrected chi connectivity index (χ1v) is 12.0. The Bertz CT molecular complexity index is 911. The van der Waals surface area contributed by atoms with Crippen LogP contribution in [0, 0.1) is 5.41 Å². The summed E-state index contributed by atoms with van der Waals surface area (Å²) in [5, 5.41) is 17.7. The molecule has 0 radical (unpaired) electrons. The van der Waals surface area contributed by atoms with E-state index in [1.54, 1.807) is 0 Å². The third-order valence-electron chi connectivity index (χ3n) is 6.16. The minimum absolute atomic E-state index is 0.00693. The van der Waals surface area contributed by atoms with Gasteiger partial charge in [-0.1, -0.05) is 77.8 Å². The molecule has 5 heteroatoms. The van der Waals surface area contributed by atoms with Gasteiger partial charge in [0.15, 0.2) is 0 Å². The van der Waals surface area contributed by atoms with Crippen LogP contribution in [-0.4, -0.2) is 24.1 Å². The van der Waals surface area contributed by atoms with Crippen molar-refractivity contribution in [2.45, 2.75) is 72.5 Å². The van der Waals surface area contributed by atoms with Crippen LogP contribution in [0.25, 0.3) is 0 Å². The molecule has 0 bridgehead atoms. The third-order valence-corrected chi connectivity index (χ3v) is 6.16. The third kappa shape index (κ3) is 5.44. The molecule has 3 N–H and O–H groups in total. The zero-order chi connectivity index (χ0) is 23.3. The SMILES string of the molecule is CCCCN(CCCC)c1ccc(C2NC(NC(=O)C(C)(C)C)c3ccccc32)c(O)c1. The van der Waals surface area contributed by atoms with Gasteiger partial charge in [-0.15, -0.1) is 0 Å². The Morgan fingerprint density at radius 1 is 1.00 bits per heavy atom. The van der Waals surface area contributed by atoms with E-state index in [0.29, 0.717) is 0 Å². The first-order chi connectivity index (χ1) is 15.3. The summed E-state index contributed by atoms with van der Waals surface area (Å²) >= 11 is 0. The summed E-state index contributed by atoms with van der Waals surface area (Å²) in [6, 6.07) is 14.0. The van der Waals surface area contributed by atoms with Crippen LogP contribution < -0.4 is 15.5 Å². The smallest absolute Gasteiger partial charge is 0.226 e. The number of anilines is 1. The Kier molecular flexibility index (Phi) is 7.83. The number of carbonyl (C=O) groups is 1.